The van der Waals surface area contributed by atoms with E-state index in [1.807, 2.05) is 0 Å². The summed E-state index contributed by atoms with van der Waals surface area (Å²) in [5.41, 5.74) is -0.392. The van der Waals surface area contributed by atoms with E-state index in [0.29, 0.717) is 42.3 Å². The summed E-state index contributed by atoms with van der Waals surface area (Å²) in [6, 6.07) is -0.690. The number of amides is 1. The Kier molecular flexibility index (Phi) is 15.0. The Morgan fingerprint density at radius 1 is 0.904 bits per heavy atom. The van der Waals surface area contributed by atoms with Crippen LogP contribution in [0.25, 0.3) is 0 Å². The van der Waals surface area contributed by atoms with E-state index >= 15 is 0 Å². The molecule has 4 fully saturated rings. The Morgan fingerprint density at radius 2 is 1.60 bits per heavy atom. The van der Waals surface area contributed by atoms with Crippen LogP contribution >= 0.6 is 0 Å². The van der Waals surface area contributed by atoms with Gasteiger partial charge in [-0.2, -0.15) is 0 Å². The quantitative estimate of drug-likeness (QED) is 0.0505. The summed E-state index contributed by atoms with van der Waals surface area (Å²) < 4.78 is 0. The maximum Gasteiger partial charge on any atom is 0.317 e. The smallest absolute Gasteiger partial charge is 0.317 e. The molecule has 0 aromatic heterocycles. The van der Waals surface area contributed by atoms with Crippen molar-refractivity contribution in [2.45, 2.75) is 122 Å². The van der Waals surface area contributed by atoms with Gasteiger partial charge in [0, 0.05) is 62.9 Å². The minimum absolute atomic E-state index is 0.00105. The van der Waals surface area contributed by atoms with Gasteiger partial charge in [0.15, 0.2) is 12.6 Å². The number of nitrogens with zero attached hydrogens (tertiary/aromatic N) is 2. The van der Waals surface area contributed by atoms with Gasteiger partial charge in [-0.15, -0.1) is 0 Å². The van der Waals surface area contributed by atoms with Crippen LogP contribution in [0.3, 0.4) is 0 Å². The maximum absolute atomic E-state index is 14.1. The van der Waals surface area contributed by atoms with Gasteiger partial charge in [0.1, 0.15) is 5.78 Å². The number of Topliss-reactive ketones (excluding diaryl/α,β-unsaturated/α-hetero) is 1. The number of carbonyl (C=O) groups is 4. The number of rotatable bonds is 20. The first-order chi connectivity index (χ1) is 24.5. The highest BCUT2D eigenvalue weighted by atomic mass is 17.1. The van der Waals surface area contributed by atoms with Crippen molar-refractivity contribution in [1.29, 1.82) is 0 Å². The molecular weight excluding hydrogens is 678 g/mol. The van der Waals surface area contributed by atoms with Gasteiger partial charge in [-0.1, -0.05) is 20.8 Å². The monoisotopic (exact) mass is 741 g/mol. The number of aliphatic hydroxyl groups is 4. The first-order valence-corrected chi connectivity index (χ1v) is 19.2. The van der Waals surface area contributed by atoms with E-state index in [1.54, 1.807) is 0 Å². The van der Waals surface area contributed by atoms with Crippen LogP contribution < -0.4 is 5.32 Å². The summed E-state index contributed by atoms with van der Waals surface area (Å²) in [7, 11) is 0. The fourth-order valence-electron chi connectivity index (χ4n) is 11.2. The SMILES string of the molecule is CC(CCC(=O)O)C1CCC2C3CCC4CC(NC(=O)CCC(COO)N(CCN(CC(O)O)CC(O)O)CC(=O)O)CCC4(C)C3CC(=O)C12C. The van der Waals surface area contributed by atoms with Crippen molar-refractivity contribution in [3.63, 3.8) is 0 Å². The molecule has 0 aromatic rings. The van der Waals surface area contributed by atoms with Gasteiger partial charge in [-0.3, -0.25) is 34.2 Å². The molecule has 0 spiro atoms. The zero-order valence-electron chi connectivity index (χ0n) is 31.1. The number of hydrogen-bond acceptors (Lipinski definition) is 12. The molecule has 0 heterocycles. The van der Waals surface area contributed by atoms with Gasteiger partial charge < -0.3 is 36.0 Å². The molecule has 0 aliphatic heterocycles. The second-order valence-corrected chi connectivity index (χ2v) is 16.8. The fraction of sp³-hybridized carbons (Fsp3) is 0.892. The van der Waals surface area contributed by atoms with Crippen LogP contribution in [-0.2, 0) is 24.1 Å². The molecule has 4 saturated carbocycles. The molecule has 52 heavy (non-hydrogen) atoms. The largest absolute Gasteiger partial charge is 0.481 e. The van der Waals surface area contributed by atoms with Crippen LogP contribution in [0, 0.1) is 46.3 Å². The standard InChI is InChI=1S/C37H63N3O12/c1-22(4-11-32(43)44)27-8-9-28-26-7-5-23-16-24(12-13-36(23,2)29(26)17-30(41)37(27,28)3)38-31(42)10-6-25(21-52-51)40(20-35(49)50)15-14-39(18-33(45)46)19-34(47)48/h22-29,33-34,45-48,51H,4-21H2,1-3H3,(H,38,42)(H,43,44)(H,49,50). The van der Waals surface area contributed by atoms with Crippen molar-refractivity contribution in [1.82, 2.24) is 15.1 Å². The lowest BCUT2D eigenvalue weighted by atomic mass is 9.44. The van der Waals surface area contributed by atoms with Gasteiger partial charge in [0.2, 0.25) is 5.91 Å². The molecule has 1 amide bonds. The number of hydrogen-bond donors (Lipinski definition) is 8. The minimum Gasteiger partial charge on any atom is -0.481 e. The molecule has 15 nitrogen and oxygen atoms in total. The Morgan fingerprint density at radius 3 is 2.21 bits per heavy atom. The molecular formula is C37H63N3O12. The number of carbonyl (C=O) groups excluding carboxylic acids is 2. The highest BCUT2D eigenvalue weighted by Gasteiger charge is 2.64. The van der Waals surface area contributed by atoms with Crippen molar-refractivity contribution >= 4 is 23.6 Å². The summed E-state index contributed by atoms with van der Waals surface area (Å²) in [4.78, 5) is 57.6. The molecule has 298 valence electrons. The molecule has 4 aliphatic carbocycles. The number of ketones is 1. The first kappa shape index (κ1) is 42.5. The van der Waals surface area contributed by atoms with E-state index < -0.39 is 42.5 Å². The van der Waals surface area contributed by atoms with E-state index in [4.69, 9.17) is 0 Å². The molecule has 4 rings (SSSR count). The van der Waals surface area contributed by atoms with E-state index in [-0.39, 0.29) is 81.2 Å². The molecule has 0 radical (unpaired) electrons. The van der Waals surface area contributed by atoms with Gasteiger partial charge in [-0.25, -0.2) is 4.89 Å². The highest BCUT2D eigenvalue weighted by molar-refractivity contribution is 5.87. The van der Waals surface area contributed by atoms with Crippen LogP contribution in [0.15, 0.2) is 0 Å². The molecule has 10 atom stereocenters. The lowest BCUT2D eigenvalue weighted by Crippen LogP contribution is -2.58. The van der Waals surface area contributed by atoms with Gasteiger partial charge in [0.05, 0.1) is 13.2 Å². The van der Waals surface area contributed by atoms with Crippen molar-refractivity contribution in [3.8, 4) is 0 Å². The minimum atomic E-state index is -1.74. The van der Waals surface area contributed by atoms with Crippen LogP contribution in [0.2, 0.25) is 0 Å². The van der Waals surface area contributed by atoms with Crippen molar-refractivity contribution in [3.05, 3.63) is 0 Å². The normalized spacial score (nSPS) is 32.8. The van der Waals surface area contributed by atoms with Crippen LogP contribution in [0.4, 0.5) is 0 Å². The summed E-state index contributed by atoms with van der Waals surface area (Å²) in [5.74, 6) is 0.107. The van der Waals surface area contributed by atoms with E-state index in [0.717, 1.165) is 44.9 Å². The average Bonchev–Trinajstić information content (AvgIpc) is 3.42. The number of aliphatic hydroxyl groups excluding tert-OH is 2. The highest BCUT2D eigenvalue weighted by Crippen LogP contribution is 2.67. The van der Waals surface area contributed by atoms with E-state index in [1.165, 1.54) is 9.80 Å². The third-order valence-electron chi connectivity index (χ3n) is 13.8. The Balaban J connectivity index is 1.33. The predicted molar refractivity (Wildman–Crippen MR) is 187 cm³/mol. The average molecular weight is 742 g/mol. The summed E-state index contributed by atoms with van der Waals surface area (Å²) in [6.45, 7) is 5.46. The molecule has 0 aromatic carbocycles. The lowest BCUT2D eigenvalue weighted by molar-refractivity contribution is -0.252. The van der Waals surface area contributed by atoms with Crippen molar-refractivity contribution in [2.24, 2.45) is 46.3 Å². The number of carboxylic acids is 2. The van der Waals surface area contributed by atoms with Crippen LogP contribution in [0.5, 0.6) is 0 Å². The van der Waals surface area contributed by atoms with E-state index in [2.05, 4.69) is 31.0 Å². The molecule has 0 saturated heterocycles. The Labute approximate surface area is 306 Å². The zero-order chi connectivity index (χ0) is 38.4. The third kappa shape index (κ3) is 10.1. The number of fused-ring (bicyclic) bond motifs is 5. The van der Waals surface area contributed by atoms with Crippen molar-refractivity contribution in [2.75, 3.05) is 39.3 Å². The molecule has 10 unspecified atom stereocenters. The summed E-state index contributed by atoms with van der Waals surface area (Å²) in [5, 5.41) is 68.8. The van der Waals surface area contributed by atoms with E-state index in [9.17, 15) is 55.1 Å². The van der Waals surface area contributed by atoms with Gasteiger partial charge >= 0.3 is 11.9 Å². The van der Waals surface area contributed by atoms with Crippen LogP contribution in [-0.4, -0.2) is 133 Å². The number of aliphatic carboxylic acids is 2. The Bertz CT molecular complexity index is 1230. The lowest BCUT2D eigenvalue weighted by Gasteiger charge is -2.60. The van der Waals surface area contributed by atoms with Gasteiger partial charge in [-0.05, 0) is 98.7 Å². The molecule has 15 heteroatoms. The maximum atomic E-state index is 14.1. The van der Waals surface area contributed by atoms with Gasteiger partial charge in [0.25, 0.3) is 0 Å². The van der Waals surface area contributed by atoms with Crippen LogP contribution in [0.1, 0.15) is 97.8 Å². The second kappa shape index (κ2) is 18.4. The molecule has 4 aliphatic rings. The summed E-state index contributed by atoms with van der Waals surface area (Å²) >= 11 is 0. The first-order valence-electron chi connectivity index (χ1n) is 19.2. The molecule has 8 N–H and O–H groups in total. The van der Waals surface area contributed by atoms with Crippen molar-refractivity contribution < 1.29 is 60.0 Å². The Hall–Kier alpha value is -2.24. The second-order valence-electron chi connectivity index (χ2n) is 16.8. The topological polar surface area (TPSA) is 238 Å². The fourth-order valence-corrected chi connectivity index (χ4v) is 11.2. The predicted octanol–water partition coefficient (Wildman–Crippen LogP) is 1.76. The summed E-state index contributed by atoms with van der Waals surface area (Å²) in [6.07, 6.45) is 4.69. The zero-order valence-corrected chi connectivity index (χ0v) is 31.1. The third-order valence-corrected chi connectivity index (χ3v) is 13.8. The number of nitrogens with one attached hydrogen (secondary N) is 1. The molecule has 0 bridgehead atoms. The number of carboxylic acid groups (broad SMARTS) is 2.